The highest BCUT2D eigenvalue weighted by molar-refractivity contribution is 9.10. The summed E-state index contributed by atoms with van der Waals surface area (Å²) >= 11 is 3.59. The lowest BCUT2D eigenvalue weighted by Gasteiger charge is -2.11. The van der Waals surface area contributed by atoms with Gasteiger partial charge in [-0.05, 0) is 28.8 Å². The molecule has 112 valence electrons. The smallest absolute Gasteiger partial charge is 0.0662 e. The molecular weight excluding hydrogens is 338 g/mol. The monoisotopic (exact) mass is 355 g/mol. The van der Waals surface area contributed by atoms with E-state index in [4.69, 9.17) is 0 Å². The molecule has 1 aromatic heterocycles. The van der Waals surface area contributed by atoms with E-state index >= 15 is 0 Å². The normalized spacial score (nSPS) is 10.8. The molecule has 0 fully saturated rings. The Bertz CT molecular complexity index is 723. The number of hydrogen-bond acceptors (Lipinski definition) is 2. The summed E-state index contributed by atoms with van der Waals surface area (Å²) in [7, 11) is 0. The molecule has 22 heavy (non-hydrogen) atoms. The summed E-state index contributed by atoms with van der Waals surface area (Å²) < 4.78 is 3.10. The van der Waals surface area contributed by atoms with Crippen LogP contribution in [0.3, 0.4) is 0 Å². The molecule has 0 aliphatic carbocycles. The molecule has 3 nitrogen and oxygen atoms in total. The van der Waals surface area contributed by atoms with Crippen molar-refractivity contribution >= 4 is 15.9 Å². The van der Waals surface area contributed by atoms with Crippen LogP contribution in [0.5, 0.6) is 0 Å². The van der Waals surface area contributed by atoms with E-state index in [2.05, 4.69) is 68.8 Å². The van der Waals surface area contributed by atoms with Crippen LogP contribution in [0.1, 0.15) is 16.7 Å². The van der Waals surface area contributed by atoms with Crippen molar-refractivity contribution in [1.29, 1.82) is 0 Å². The zero-order valence-electron chi connectivity index (χ0n) is 12.2. The number of nitrogens with zero attached hydrogens (tertiary/aromatic N) is 2. The van der Waals surface area contributed by atoms with Gasteiger partial charge in [0.05, 0.1) is 6.54 Å². The predicted octanol–water partition coefficient (Wildman–Crippen LogP) is 3.98. The minimum atomic E-state index is 0.805. The standard InChI is InChI=1S/C18H18BrN3/c19-18-9-4-3-7-16(18)13-20-12-15-6-1-2-8-17(15)14-22-11-5-10-21-22/h1-11,20H,12-14H2. The van der Waals surface area contributed by atoms with E-state index in [9.17, 15) is 0 Å². The van der Waals surface area contributed by atoms with Gasteiger partial charge in [-0.1, -0.05) is 58.4 Å². The highest BCUT2D eigenvalue weighted by Gasteiger charge is 2.04. The van der Waals surface area contributed by atoms with Gasteiger partial charge in [0.2, 0.25) is 0 Å². The Labute approximate surface area is 139 Å². The van der Waals surface area contributed by atoms with Gasteiger partial charge in [0, 0.05) is 30.0 Å². The third-order valence-corrected chi connectivity index (χ3v) is 4.37. The van der Waals surface area contributed by atoms with E-state index in [0.29, 0.717) is 0 Å². The Kier molecular flexibility index (Phi) is 5.03. The van der Waals surface area contributed by atoms with E-state index in [1.165, 1.54) is 16.7 Å². The fourth-order valence-corrected chi connectivity index (χ4v) is 2.85. The number of rotatable bonds is 6. The second-order valence-corrected chi connectivity index (χ2v) is 6.02. The third kappa shape index (κ3) is 3.84. The SMILES string of the molecule is Brc1ccccc1CNCc1ccccc1Cn1cccn1. The third-order valence-electron chi connectivity index (χ3n) is 3.60. The van der Waals surface area contributed by atoms with Gasteiger partial charge in [-0.25, -0.2) is 0 Å². The average molecular weight is 356 g/mol. The molecule has 2 aromatic carbocycles. The van der Waals surface area contributed by atoms with Gasteiger partial charge in [0.15, 0.2) is 0 Å². The fourth-order valence-electron chi connectivity index (χ4n) is 2.43. The lowest BCUT2D eigenvalue weighted by atomic mass is 10.1. The van der Waals surface area contributed by atoms with Crippen LogP contribution in [0, 0.1) is 0 Å². The minimum absolute atomic E-state index is 0.805. The molecule has 0 saturated heterocycles. The Morgan fingerprint density at radius 3 is 2.27 bits per heavy atom. The van der Waals surface area contributed by atoms with Gasteiger partial charge in [-0.2, -0.15) is 5.10 Å². The quantitative estimate of drug-likeness (QED) is 0.724. The molecule has 0 saturated carbocycles. The van der Waals surface area contributed by atoms with Crippen molar-refractivity contribution < 1.29 is 0 Å². The van der Waals surface area contributed by atoms with Crippen LogP contribution in [0.15, 0.2) is 71.5 Å². The predicted molar refractivity (Wildman–Crippen MR) is 92.5 cm³/mol. The lowest BCUT2D eigenvalue weighted by Crippen LogP contribution is -2.15. The first-order valence-electron chi connectivity index (χ1n) is 7.31. The van der Waals surface area contributed by atoms with Crippen molar-refractivity contribution in [3.8, 4) is 0 Å². The molecule has 0 amide bonds. The molecule has 0 spiro atoms. The summed E-state index contributed by atoms with van der Waals surface area (Å²) in [6.07, 6.45) is 3.80. The van der Waals surface area contributed by atoms with Crippen LogP contribution in [-0.2, 0) is 19.6 Å². The second-order valence-electron chi connectivity index (χ2n) is 5.17. The van der Waals surface area contributed by atoms with Crippen LogP contribution >= 0.6 is 15.9 Å². The van der Waals surface area contributed by atoms with Gasteiger partial charge in [-0.3, -0.25) is 4.68 Å². The van der Waals surface area contributed by atoms with Crippen LogP contribution in [0.2, 0.25) is 0 Å². The Balaban J connectivity index is 1.64. The first-order valence-corrected chi connectivity index (χ1v) is 8.10. The summed E-state index contributed by atoms with van der Waals surface area (Å²) in [6, 6.07) is 18.8. The van der Waals surface area contributed by atoms with Crippen LogP contribution in [0.25, 0.3) is 0 Å². The molecule has 3 aromatic rings. The Morgan fingerprint density at radius 1 is 0.864 bits per heavy atom. The van der Waals surface area contributed by atoms with Crippen molar-refractivity contribution in [3.63, 3.8) is 0 Å². The Morgan fingerprint density at radius 2 is 1.55 bits per heavy atom. The number of hydrogen-bond donors (Lipinski definition) is 1. The maximum Gasteiger partial charge on any atom is 0.0662 e. The molecule has 0 aliphatic heterocycles. The largest absolute Gasteiger partial charge is 0.309 e. The van der Waals surface area contributed by atoms with Gasteiger partial charge in [-0.15, -0.1) is 0 Å². The van der Waals surface area contributed by atoms with Crippen LogP contribution in [0.4, 0.5) is 0 Å². The molecule has 0 aliphatic rings. The molecule has 0 radical (unpaired) electrons. The molecule has 0 bridgehead atoms. The molecule has 0 atom stereocenters. The van der Waals surface area contributed by atoms with Crippen molar-refractivity contribution in [1.82, 2.24) is 15.1 Å². The first-order chi connectivity index (χ1) is 10.8. The molecular formula is C18H18BrN3. The van der Waals surface area contributed by atoms with E-state index < -0.39 is 0 Å². The van der Waals surface area contributed by atoms with Gasteiger partial charge in [0.25, 0.3) is 0 Å². The number of halogens is 1. The second kappa shape index (κ2) is 7.38. The first kappa shape index (κ1) is 15.0. The topological polar surface area (TPSA) is 29.9 Å². The molecule has 4 heteroatoms. The summed E-state index contributed by atoms with van der Waals surface area (Å²) in [5.41, 5.74) is 3.88. The van der Waals surface area contributed by atoms with Crippen molar-refractivity contribution in [2.75, 3.05) is 0 Å². The van der Waals surface area contributed by atoms with Gasteiger partial charge in [0.1, 0.15) is 0 Å². The minimum Gasteiger partial charge on any atom is -0.309 e. The summed E-state index contributed by atoms with van der Waals surface area (Å²) in [4.78, 5) is 0. The maximum atomic E-state index is 4.28. The molecule has 3 rings (SSSR count). The fraction of sp³-hybridized carbons (Fsp3) is 0.167. The molecule has 1 N–H and O–H groups in total. The number of aromatic nitrogens is 2. The van der Waals surface area contributed by atoms with E-state index in [0.717, 1.165) is 24.1 Å². The molecule has 1 heterocycles. The van der Waals surface area contributed by atoms with Crippen molar-refractivity contribution in [3.05, 3.63) is 88.2 Å². The highest BCUT2D eigenvalue weighted by atomic mass is 79.9. The average Bonchev–Trinajstić information content (AvgIpc) is 3.04. The summed E-state index contributed by atoms with van der Waals surface area (Å²) in [5.74, 6) is 0. The number of nitrogens with one attached hydrogen (secondary N) is 1. The van der Waals surface area contributed by atoms with E-state index in [-0.39, 0.29) is 0 Å². The van der Waals surface area contributed by atoms with Crippen LogP contribution in [-0.4, -0.2) is 9.78 Å². The van der Waals surface area contributed by atoms with Crippen LogP contribution < -0.4 is 5.32 Å². The van der Waals surface area contributed by atoms with Crippen molar-refractivity contribution in [2.45, 2.75) is 19.6 Å². The lowest BCUT2D eigenvalue weighted by molar-refractivity contribution is 0.655. The van der Waals surface area contributed by atoms with E-state index in [1.807, 2.05) is 29.2 Å². The van der Waals surface area contributed by atoms with Gasteiger partial charge >= 0.3 is 0 Å². The summed E-state index contributed by atoms with van der Waals surface area (Å²) in [6.45, 7) is 2.50. The highest BCUT2D eigenvalue weighted by Crippen LogP contribution is 2.16. The zero-order chi connectivity index (χ0) is 15.2. The maximum absolute atomic E-state index is 4.28. The summed E-state index contributed by atoms with van der Waals surface area (Å²) in [5, 5.41) is 7.80. The molecule has 0 unspecified atom stereocenters. The number of benzene rings is 2. The Hall–Kier alpha value is -1.91. The van der Waals surface area contributed by atoms with Crippen molar-refractivity contribution in [2.24, 2.45) is 0 Å². The van der Waals surface area contributed by atoms with Gasteiger partial charge < -0.3 is 5.32 Å². The zero-order valence-corrected chi connectivity index (χ0v) is 13.8. The van der Waals surface area contributed by atoms with E-state index in [1.54, 1.807) is 0 Å².